The van der Waals surface area contributed by atoms with E-state index in [-0.39, 0.29) is 5.78 Å². The Hall–Kier alpha value is -1.51. The highest BCUT2D eigenvalue weighted by molar-refractivity contribution is 7.99. The van der Waals surface area contributed by atoms with Gasteiger partial charge in [-0.1, -0.05) is 81.0 Å². The van der Waals surface area contributed by atoms with Gasteiger partial charge < -0.3 is 0 Å². The second kappa shape index (κ2) is 12.0. The van der Waals surface area contributed by atoms with Crippen molar-refractivity contribution in [3.63, 3.8) is 0 Å². The van der Waals surface area contributed by atoms with Crippen molar-refractivity contribution >= 4 is 35.2 Å². The van der Waals surface area contributed by atoms with Gasteiger partial charge in [0, 0.05) is 15.5 Å². The number of thioether (sulfide) groups is 1. The summed E-state index contributed by atoms with van der Waals surface area (Å²) in [4.78, 5) is 13.4. The van der Waals surface area contributed by atoms with Crippen LogP contribution in [-0.2, 0) is 0 Å². The van der Waals surface area contributed by atoms with Crippen LogP contribution in [-0.4, -0.2) is 11.5 Å². The Morgan fingerprint density at radius 3 is 2.46 bits per heavy atom. The minimum atomic E-state index is -0.0333. The summed E-state index contributed by atoms with van der Waals surface area (Å²) in [6, 6.07) is 15.4. The monoisotopic (exact) mass is 386 g/mol. The molecule has 0 spiro atoms. The van der Waals surface area contributed by atoms with E-state index in [0.29, 0.717) is 10.6 Å². The second-order valence-electron chi connectivity index (χ2n) is 6.39. The molecule has 0 amide bonds. The number of rotatable bonds is 11. The van der Waals surface area contributed by atoms with E-state index in [1.54, 1.807) is 30.3 Å². The molecule has 0 aliphatic rings. The number of halogens is 1. The third kappa shape index (κ3) is 7.80. The number of allylic oxidation sites excluding steroid dienone is 1. The van der Waals surface area contributed by atoms with Crippen LogP contribution in [0.25, 0.3) is 6.08 Å². The minimum Gasteiger partial charge on any atom is -0.289 e. The van der Waals surface area contributed by atoms with E-state index in [1.165, 1.54) is 49.2 Å². The summed E-state index contributed by atoms with van der Waals surface area (Å²) in [5, 5.41) is 0.580. The Labute approximate surface area is 166 Å². The van der Waals surface area contributed by atoms with E-state index in [1.807, 2.05) is 17.8 Å². The highest BCUT2D eigenvalue weighted by Crippen LogP contribution is 2.21. The van der Waals surface area contributed by atoms with Crippen molar-refractivity contribution in [1.82, 2.24) is 0 Å². The summed E-state index contributed by atoms with van der Waals surface area (Å²) in [7, 11) is 0. The summed E-state index contributed by atoms with van der Waals surface area (Å²) >= 11 is 7.84. The topological polar surface area (TPSA) is 17.1 Å². The molecule has 0 bridgehead atoms. The fourth-order valence-corrected chi connectivity index (χ4v) is 3.76. The zero-order valence-corrected chi connectivity index (χ0v) is 17.0. The SMILES string of the molecule is CCCCCCCCSc1ccc(C=CC(=O)c2cccc(Cl)c2)cc1. The predicted octanol–water partition coefficient (Wildman–Crippen LogP) is 7.69. The van der Waals surface area contributed by atoms with Gasteiger partial charge in [-0.05, 0) is 48.1 Å². The summed E-state index contributed by atoms with van der Waals surface area (Å²) in [5.41, 5.74) is 1.64. The molecule has 3 heteroatoms. The van der Waals surface area contributed by atoms with Crippen LogP contribution < -0.4 is 0 Å². The molecule has 0 aliphatic heterocycles. The summed E-state index contributed by atoms with van der Waals surface area (Å²) in [5.74, 6) is 1.14. The Bertz CT molecular complexity index is 706. The van der Waals surface area contributed by atoms with Crippen molar-refractivity contribution in [3.8, 4) is 0 Å². The van der Waals surface area contributed by atoms with Crippen LogP contribution in [0.3, 0.4) is 0 Å². The standard InChI is InChI=1S/C23H27ClOS/c1-2-3-4-5-6-7-17-26-22-14-11-19(12-15-22)13-16-23(25)20-9-8-10-21(24)18-20/h8-16,18H,2-7,17H2,1H3. The van der Waals surface area contributed by atoms with Gasteiger partial charge >= 0.3 is 0 Å². The Kier molecular flexibility index (Phi) is 9.58. The number of carbonyl (C=O) groups is 1. The number of hydrogen-bond acceptors (Lipinski definition) is 2. The number of hydrogen-bond donors (Lipinski definition) is 0. The molecule has 138 valence electrons. The lowest BCUT2D eigenvalue weighted by molar-refractivity contribution is 0.104. The van der Waals surface area contributed by atoms with Gasteiger partial charge in [0.1, 0.15) is 0 Å². The number of ketones is 1. The van der Waals surface area contributed by atoms with Crippen molar-refractivity contribution in [2.45, 2.75) is 50.3 Å². The maximum atomic E-state index is 12.2. The van der Waals surface area contributed by atoms with E-state index >= 15 is 0 Å². The van der Waals surface area contributed by atoms with Crippen molar-refractivity contribution < 1.29 is 4.79 Å². The minimum absolute atomic E-state index is 0.0333. The summed E-state index contributed by atoms with van der Waals surface area (Å²) < 4.78 is 0. The Morgan fingerprint density at radius 2 is 1.73 bits per heavy atom. The normalized spacial score (nSPS) is 11.2. The predicted molar refractivity (Wildman–Crippen MR) is 115 cm³/mol. The van der Waals surface area contributed by atoms with Gasteiger partial charge in [0.25, 0.3) is 0 Å². The van der Waals surface area contributed by atoms with Crippen molar-refractivity contribution in [2.24, 2.45) is 0 Å². The first-order valence-corrected chi connectivity index (χ1v) is 10.8. The van der Waals surface area contributed by atoms with Crippen LogP contribution in [0.1, 0.15) is 61.4 Å². The Balaban J connectivity index is 1.75. The third-order valence-corrected chi connectivity index (χ3v) is 5.52. The molecule has 0 fully saturated rings. The highest BCUT2D eigenvalue weighted by Gasteiger charge is 2.02. The van der Waals surface area contributed by atoms with Gasteiger partial charge in [-0.3, -0.25) is 4.79 Å². The maximum Gasteiger partial charge on any atom is 0.185 e. The quantitative estimate of drug-likeness (QED) is 0.170. The van der Waals surface area contributed by atoms with Crippen LogP contribution >= 0.6 is 23.4 Å². The number of unbranched alkanes of at least 4 members (excludes halogenated alkanes) is 5. The smallest absolute Gasteiger partial charge is 0.185 e. The molecule has 0 atom stereocenters. The van der Waals surface area contributed by atoms with E-state index in [0.717, 1.165) is 5.56 Å². The van der Waals surface area contributed by atoms with Crippen molar-refractivity contribution in [3.05, 3.63) is 70.8 Å². The summed E-state index contributed by atoms with van der Waals surface area (Å²) in [6.07, 6.45) is 11.5. The average molecular weight is 387 g/mol. The average Bonchev–Trinajstić information content (AvgIpc) is 2.66. The molecule has 1 nitrogen and oxygen atoms in total. The lowest BCUT2D eigenvalue weighted by atomic mass is 10.1. The van der Waals surface area contributed by atoms with E-state index in [2.05, 4.69) is 31.2 Å². The first-order chi connectivity index (χ1) is 12.7. The molecule has 0 aromatic heterocycles. The van der Waals surface area contributed by atoms with Gasteiger partial charge in [0.2, 0.25) is 0 Å². The van der Waals surface area contributed by atoms with Gasteiger partial charge in [0.05, 0.1) is 0 Å². The van der Waals surface area contributed by atoms with Crippen molar-refractivity contribution in [2.75, 3.05) is 5.75 Å². The molecule has 0 saturated heterocycles. The molecule has 0 radical (unpaired) electrons. The number of carbonyl (C=O) groups excluding carboxylic acids is 1. The first kappa shape index (κ1) is 20.8. The molecular weight excluding hydrogens is 360 g/mol. The van der Waals surface area contributed by atoms with Crippen LogP contribution in [0.15, 0.2) is 59.5 Å². The third-order valence-electron chi connectivity index (χ3n) is 4.18. The second-order valence-corrected chi connectivity index (χ2v) is 8.00. The fraction of sp³-hybridized carbons (Fsp3) is 0.348. The van der Waals surface area contributed by atoms with Crippen LogP contribution in [0.5, 0.6) is 0 Å². The van der Waals surface area contributed by atoms with E-state index in [9.17, 15) is 4.79 Å². The largest absolute Gasteiger partial charge is 0.289 e. The van der Waals surface area contributed by atoms with Gasteiger partial charge in [-0.15, -0.1) is 11.8 Å². The molecule has 0 unspecified atom stereocenters. The molecular formula is C23H27ClOS. The zero-order valence-electron chi connectivity index (χ0n) is 15.4. The highest BCUT2D eigenvalue weighted by atomic mass is 35.5. The first-order valence-electron chi connectivity index (χ1n) is 9.40. The van der Waals surface area contributed by atoms with Gasteiger partial charge in [-0.2, -0.15) is 0 Å². The summed E-state index contributed by atoms with van der Waals surface area (Å²) in [6.45, 7) is 2.25. The molecule has 26 heavy (non-hydrogen) atoms. The molecule has 0 heterocycles. The molecule has 0 saturated carbocycles. The molecule has 0 aliphatic carbocycles. The van der Waals surface area contributed by atoms with E-state index < -0.39 is 0 Å². The lowest BCUT2D eigenvalue weighted by Crippen LogP contribution is -1.93. The molecule has 0 N–H and O–H groups in total. The van der Waals surface area contributed by atoms with Crippen LogP contribution in [0.4, 0.5) is 0 Å². The maximum absolute atomic E-state index is 12.2. The van der Waals surface area contributed by atoms with Crippen LogP contribution in [0.2, 0.25) is 5.02 Å². The fourth-order valence-electron chi connectivity index (χ4n) is 2.66. The lowest BCUT2D eigenvalue weighted by Gasteiger charge is -2.03. The van der Waals surface area contributed by atoms with Crippen LogP contribution in [0, 0.1) is 0 Å². The zero-order chi connectivity index (χ0) is 18.6. The Morgan fingerprint density at radius 1 is 1.00 bits per heavy atom. The number of benzene rings is 2. The van der Waals surface area contributed by atoms with Crippen molar-refractivity contribution in [1.29, 1.82) is 0 Å². The molecule has 2 rings (SSSR count). The molecule has 2 aromatic rings. The molecule has 2 aromatic carbocycles. The van der Waals surface area contributed by atoms with E-state index in [4.69, 9.17) is 11.6 Å². The van der Waals surface area contributed by atoms with Gasteiger partial charge in [-0.25, -0.2) is 0 Å². The van der Waals surface area contributed by atoms with Gasteiger partial charge in [0.15, 0.2) is 5.78 Å².